The summed E-state index contributed by atoms with van der Waals surface area (Å²) in [5.74, 6) is -0.0390. The van der Waals surface area contributed by atoms with Gasteiger partial charge in [0.05, 0.1) is 5.41 Å². The number of carboxylic acid groups (broad SMARTS) is 1. The fourth-order valence-electron chi connectivity index (χ4n) is 4.27. The van der Waals surface area contributed by atoms with Crippen molar-refractivity contribution in [2.24, 2.45) is 11.3 Å². The molecule has 2 saturated carbocycles. The third-order valence-corrected chi connectivity index (χ3v) is 6.42. The molecule has 2 aliphatic rings. The second kappa shape index (κ2) is 12.1. The maximum Gasteiger partial charge on any atom is 0.310 e. The Balaban J connectivity index is 0.00000225. The lowest BCUT2D eigenvalue weighted by Crippen LogP contribution is -2.45. The molecule has 0 heterocycles. The molecule has 4 nitrogen and oxygen atoms in total. The number of hydrogen-bond donors (Lipinski definition) is 3. The Kier molecular flexibility index (Phi) is 10.9. The van der Waals surface area contributed by atoms with E-state index in [1.54, 1.807) is 19.4 Å². The summed E-state index contributed by atoms with van der Waals surface area (Å²) in [5, 5.41) is 16.6. The number of benzene rings is 1. The number of rotatable bonds is 9. The van der Waals surface area contributed by atoms with Crippen LogP contribution in [0.4, 0.5) is 0 Å². The van der Waals surface area contributed by atoms with Gasteiger partial charge in [-0.15, -0.1) is 24.8 Å². The van der Waals surface area contributed by atoms with Gasteiger partial charge in [-0.25, -0.2) is 0 Å². The molecule has 3 rings (SSSR count). The van der Waals surface area contributed by atoms with Crippen LogP contribution in [0.15, 0.2) is 35.9 Å². The third-order valence-electron chi connectivity index (χ3n) is 6.42. The van der Waals surface area contributed by atoms with Crippen LogP contribution in [-0.2, 0) is 4.79 Å². The molecule has 0 radical (unpaired) electrons. The topological polar surface area (TPSA) is 61.4 Å². The van der Waals surface area contributed by atoms with Crippen molar-refractivity contribution in [3.63, 3.8) is 0 Å². The summed E-state index contributed by atoms with van der Waals surface area (Å²) in [6.07, 6.45) is 9.37. The molecule has 170 valence electrons. The zero-order valence-electron chi connectivity index (χ0n) is 18.4. The van der Waals surface area contributed by atoms with E-state index >= 15 is 0 Å². The Labute approximate surface area is 194 Å². The standard InChI is InChI=1S/C24H36N2O2.2ClH/c1-4-18(14-17-8-6-5-7-9-17)21-15-22(21)26-20-12-10-19(11-13-20)25-16-24(2,3)23(27)28;;/h5-9,14,19-22,25-26H,4,10-13,15-16H2,1-3H3,(H,27,28);2*1H/t19?,20?,21?,22-;;/m0../s1. The summed E-state index contributed by atoms with van der Waals surface area (Å²) < 4.78 is 0. The van der Waals surface area contributed by atoms with Crippen molar-refractivity contribution in [1.29, 1.82) is 0 Å². The van der Waals surface area contributed by atoms with Crippen LogP contribution in [0.2, 0.25) is 0 Å². The van der Waals surface area contributed by atoms with Gasteiger partial charge < -0.3 is 15.7 Å². The Morgan fingerprint density at radius 1 is 1.10 bits per heavy atom. The summed E-state index contributed by atoms with van der Waals surface area (Å²) in [7, 11) is 0. The smallest absolute Gasteiger partial charge is 0.310 e. The maximum absolute atomic E-state index is 11.2. The number of nitrogens with one attached hydrogen (secondary N) is 2. The molecule has 1 unspecified atom stereocenters. The first-order valence-corrected chi connectivity index (χ1v) is 10.9. The first-order chi connectivity index (χ1) is 13.4. The highest BCUT2D eigenvalue weighted by Gasteiger charge is 2.40. The molecular formula is C24H38Cl2N2O2. The van der Waals surface area contributed by atoms with Gasteiger partial charge in [0, 0.05) is 24.7 Å². The molecule has 30 heavy (non-hydrogen) atoms. The van der Waals surface area contributed by atoms with Crippen molar-refractivity contribution < 1.29 is 9.90 Å². The van der Waals surface area contributed by atoms with Crippen LogP contribution < -0.4 is 10.6 Å². The van der Waals surface area contributed by atoms with Crippen LogP contribution in [0.3, 0.4) is 0 Å². The highest BCUT2D eigenvalue weighted by molar-refractivity contribution is 5.85. The highest BCUT2D eigenvalue weighted by atomic mass is 35.5. The minimum atomic E-state index is -0.731. The van der Waals surface area contributed by atoms with Crippen molar-refractivity contribution in [2.45, 2.75) is 77.4 Å². The molecule has 3 N–H and O–H groups in total. The molecule has 0 amide bonds. The van der Waals surface area contributed by atoms with E-state index in [4.69, 9.17) is 0 Å². The largest absolute Gasteiger partial charge is 0.481 e. The molecule has 2 atom stereocenters. The predicted octanol–water partition coefficient (Wildman–Crippen LogP) is 5.31. The normalized spacial score (nSPS) is 26.3. The lowest BCUT2D eigenvalue weighted by atomic mass is 9.88. The quantitative estimate of drug-likeness (QED) is 0.470. The van der Waals surface area contributed by atoms with E-state index in [2.05, 4.69) is 54.0 Å². The van der Waals surface area contributed by atoms with E-state index in [0.717, 1.165) is 19.3 Å². The number of halogens is 2. The number of carbonyl (C=O) groups is 1. The Morgan fingerprint density at radius 3 is 2.27 bits per heavy atom. The second-order valence-electron chi connectivity index (χ2n) is 9.22. The van der Waals surface area contributed by atoms with Crippen molar-refractivity contribution in [3.8, 4) is 0 Å². The Hall–Kier alpha value is -1.07. The lowest BCUT2D eigenvalue weighted by Gasteiger charge is -2.32. The SMILES string of the molecule is CCC(=Cc1ccccc1)C1C[C@@H]1NC1CCC(NCC(C)(C)C(=O)O)CC1.Cl.Cl. The molecule has 0 aromatic heterocycles. The van der Waals surface area contributed by atoms with Gasteiger partial charge in [-0.2, -0.15) is 0 Å². The van der Waals surface area contributed by atoms with Crippen molar-refractivity contribution in [3.05, 3.63) is 41.5 Å². The van der Waals surface area contributed by atoms with Gasteiger partial charge in [-0.1, -0.05) is 48.9 Å². The molecule has 0 spiro atoms. The fourth-order valence-corrected chi connectivity index (χ4v) is 4.27. The van der Waals surface area contributed by atoms with E-state index < -0.39 is 11.4 Å². The predicted molar refractivity (Wildman–Crippen MR) is 130 cm³/mol. The van der Waals surface area contributed by atoms with Crippen molar-refractivity contribution >= 4 is 36.9 Å². The highest BCUT2D eigenvalue weighted by Crippen LogP contribution is 2.40. The first-order valence-electron chi connectivity index (χ1n) is 10.9. The lowest BCUT2D eigenvalue weighted by molar-refractivity contribution is -0.146. The van der Waals surface area contributed by atoms with E-state index in [0.29, 0.717) is 30.6 Å². The molecule has 6 heteroatoms. The minimum absolute atomic E-state index is 0. The average molecular weight is 457 g/mol. The van der Waals surface area contributed by atoms with Crippen molar-refractivity contribution in [2.75, 3.05) is 6.54 Å². The van der Waals surface area contributed by atoms with Crippen LogP contribution in [0.1, 0.15) is 64.9 Å². The minimum Gasteiger partial charge on any atom is -0.481 e. The second-order valence-corrected chi connectivity index (χ2v) is 9.22. The molecular weight excluding hydrogens is 419 g/mol. The average Bonchev–Trinajstić information content (AvgIpc) is 3.45. The summed E-state index contributed by atoms with van der Waals surface area (Å²) in [6, 6.07) is 12.3. The van der Waals surface area contributed by atoms with Gasteiger partial charge in [0.25, 0.3) is 0 Å². The Morgan fingerprint density at radius 2 is 1.70 bits per heavy atom. The Bertz CT molecular complexity index is 686. The maximum atomic E-state index is 11.2. The zero-order valence-corrected chi connectivity index (χ0v) is 20.0. The summed E-state index contributed by atoms with van der Waals surface area (Å²) >= 11 is 0. The third kappa shape index (κ3) is 7.56. The van der Waals surface area contributed by atoms with Gasteiger partial charge in [0.15, 0.2) is 0 Å². The summed E-state index contributed by atoms with van der Waals surface area (Å²) in [4.78, 5) is 11.2. The monoisotopic (exact) mass is 456 g/mol. The van der Waals surface area contributed by atoms with Gasteiger partial charge in [-0.05, 0) is 63.9 Å². The summed E-state index contributed by atoms with van der Waals surface area (Å²) in [5.41, 5.74) is 2.17. The number of hydrogen-bond acceptors (Lipinski definition) is 3. The number of aliphatic carboxylic acids is 1. The van der Waals surface area contributed by atoms with E-state index in [1.165, 1.54) is 24.8 Å². The molecule has 0 aliphatic heterocycles. The van der Waals surface area contributed by atoms with Gasteiger partial charge in [0.1, 0.15) is 0 Å². The van der Waals surface area contributed by atoms with Crippen LogP contribution in [-0.4, -0.2) is 35.7 Å². The van der Waals surface area contributed by atoms with Gasteiger partial charge in [0.2, 0.25) is 0 Å². The van der Waals surface area contributed by atoms with Crippen LogP contribution in [0.5, 0.6) is 0 Å². The van der Waals surface area contributed by atoms with Gasteiger partial charge >= 0.3 is 5.97 Å². The van der Waals surface area contributed by atoms with Crippen molar-refractivity contribution in [1.82, 2.24) is 10.6 Å². The molecule has 2 aliphatic carbocycles. The van der Waals surface area contributed by atoms with Crippen LogP contribution >= 0.6 is 24.8 Å². The van der Waals surface area contributed by atoms with Crippen LogP contribution in [0, 0.1) is 11.3 Å². The van der Waals surface area contributed by atoms with Crippen LogP contribution in [0.25, 0.3) is 6.08 Å². The zero-order chi connectivity index (χ0) is 20.1. The van der Waals surface area contributed by atoms with Gasteiger partial charge in [-0.3, -0.25) is 4.79 Å². The molecule has 0 bridgehead atoms. The first kappa shape index (κ1) is 27.0. The molecule has 0 saturated heterocycles. The fraction of sp³-hybridized carbons (Fsp3) is 0.625. The summed E-state index contributed by atoms with van der Waals surface area (Å²) in [6.45, 7) is 6.38. The molecule has 2 fully saturated rings. The number of carboxylic acids is 1. The van der Waals surface area contributed by atoms with E-state index in [1.807, 2.05) is 0 Å². The van der Waals surface area contributed by atoms with E-state index in [-0.39, 0.29) is 24.8 Å². The van der Waals surface area contributed by atoms with E-state index in [9.17, 15) is 9.90 Å². The molecule has 1 aromatic carbocycles. The molecule has 1 aromatic rings.